The normalized spacial score (nSPS) is 18.4. The van der Waals surface area contributed by atoms with Gasteiger partial charge in [-0.1, -0.05) is 25.1 Å². The van der Waals surface area contributed by atoms with Gasteiger partial charge in [0.2, 0.25) is 5.91 Å². The van der Waals surface area contributed by atoms with Gasteiger partial charge in [0.1, 0.15) is 0 Å². The maximum absolute atomic E-state index is 12.7. The average Bonchev–Trinajstić information content (AvgIpc) is 2.42. The van der Waals surface area contributed by atoms with Gasteiger partial charge in [-0.15, -0.1) is 0 Å². The highest BCUT2D eigenvalue weighted by molar-refractivity contribution is 5.76. The first-order chi connectivity index (χ1) is 10.2. The van der Waals surface area contributed by atoms with E-state index in [2.05, 4.69) is 5.32 Å². The molecule has 1 aromatic carbocycles. The van der Waals surface area contributed by atoms with Gasteiger partial charge >= 0.3 is 6.18 Å². The molecule has 2 N–H and O–H groups in total. The summed E-state index contributed by atoms with van der Waals surface area (Å²) in [6, 6.07) is 5.04. The first kappa shape index (κ1) is 16.8. The first-order valence-corrected chi connectivity index (χ1v) is 7.36. The lowest BCUT2D eigenvalue weighted by atomic mass is 9.80. The number of amides is 1. The Hall–Kier alpha value is -1.56. The van der Waals surface area contributed by atoms with Crippen LogP contribution in [0.2, 0.25) is 0 Å². The summed E-state index contributed by atoms with van der Waals surface area (Å²) in [5, 5.41) is 12.6. The van der Waals surface area contributed by atoms with Crippen LogP contribution in [0.3, 0.4) is 0 Å². The molecule has 3 nitrogen and oxygen atoms in total. The van der Waals surface area contributed by atoms with Crippen LogP contribution in [0.15, 0.2) is 24.3 Å². The summed E-state index contributed by atoms with van der Waals surface area (Å²) in [4.78, 5) is 11.9. The number of carbonyl (C=O) groups is 1. The van der Waals surface area contributed by atoms with Crippen LogP contribution in [0.25, 0.3) is 0 Å². The summed E-state index contributed by atoms with van der Waals surface area (Å²) in [5.74, 6) is -0.580. The Bertz CT molecular complexity index is 538. The molecule has 0 spiro atoms. The number of nitrogens with one attached hydrogen (secondary N) is 1. The van der Waals surface area contributed by atoms with E-state index in [1.165, 1.54) is 6.07 Å². The summed E-state index contributed by atoms with van der Waals surface area (Å²) < 4.78 is 38.1. The molecule has 6 heteroatoms. The van der Waals surface area contributed by atoms with Crippen LogP contribution in [0.4, 0.5) is 13.2 Å². The third-order valence-electron chi connectivity index (χ3n) is 4.17. The minimum absolute atomic E-state index is 0.0946. The number of carbonyl (C=O) groups excluding carboxylic acids is 1. The Balaban J connectivity index is 1.91. The number of alkyl halides is 3. The van der Waals surface area contributed by atoms with Crippen LogP contribution in [0.1, 0.15) is 49.7 Å². The van der Waals surface area contributed by atoms with Crippen LogP contribution < -0.4 is 5.32 Å². The Labute approximate surface area is 127 Å². The fourth-order valence-electron chi connectivity index (χ4n) is 2.51. The van der Waals surface area contributed by atoms with Gasteiger partial charge < -0.3 is 10.4 Å². The van der Waals surface area contributed by atoms with Crippen LogP contribution in [0, 0.1) is 0 Å². The molecule has 1 fully saturated rings. The van der Waals surface area contributed by atoms with E-state index in [0.29, 0.717) is 18.4 Å². The molecule has 1 aromatic rings. The average molecular weight is 315 g/mol. The van der Waals surface area contributed by atoms with Crippen LogP contribution in [0.5, 0.6) is 0 Å². The van der Waals surface area contributed by atoms with E-state index in [1.807, 2.05) is 0 Å². The van der Waals surface area contributed by atoms with Gasteiger partial charge in [-0.3, -0.25) is 4.79 Å². The summed E-state index contributed by atoms with van der Waals surface area (Å²) >= 11 is 0. The van der Waals surface area contributed by atoms with Gasteiger partial charge in [-0.25, -0.2) is 0 Å². The largest absolute Gasteiger partial charge is 0.416 e. The van der Waals surface area contributed by atoms with E-state index in [-0.39, 0.29) is 24.8 Å². The lowest BCUT2D eigenvalue weighted by Gasteiger charge is -2.36. The van der Waals surface area contributed by atoms with Crippen molar-refractivity contribution in [2.24, 2.45) is 0 Å². The number of hydrogen-bond donors (Lipinski definition) is 2. The van der Waals surface area contributed by atoms with Gasteiger partial charge in [-0.05, 0) is 36.8 Å². The molecule has 0 saturated heterocycles. The summed E-state index contributed by atoms with van der Waals surface area (Å²) in [5.41, 5.74) is -1.02. The van der Waals surface area contributed by atoms with Crippen molar-refractivity contribution in [3.63, 3.8) is 0 Å². The van der Waals surface area contributed by atoms with Crippen molar-refractivity contribution in [1.29, 1.82) is 0 Å². The second-order valence-corrected chi connectivity index (χ2v) is 6.08. The number of halogens is 3. The third-order valence-corrected chi connectivity index (χ3v) is 4.17. The molecule has 22 heavy (non-hydrogen) atoms. The highest BCUT2D eigenvalue weighted by Gasteiger charge is 2.34. The second kappa shape index (κ2) is 6.28. The van der Waals surface area contributed by atoms with Crippen LogP contribution >= 0.6 is 0 Å². The standard InChI is InChI=1S/C16H20F3NO2/c1-11(8-14(21)20-10-15(22)6-3-7-15)12-4-2-5-13(9-12)16(17,18)19/h2,4-5,9,11,22H,3,6-8,10H2,1H3,(H,20,21). The Kier molecular flexibility index (Phi) is 4.80. The Morgan fingerprint density at radius 2 is 2.09 bits per heavy atom. The smallest absolute Gasteiger partial charge is 0.388 e. The van der Waals surface area contributed by atoms with Gasteiger partial charge in [0.25, 0.3) is 0 Å². The minimum Gasteiger partial charge on any atom is -0.388 e. The molecule has 1 amide bonds. The molecule has 1 aliphatic rings. The number of hydrogen-bond acceptors (Lipinski definition) is 2. The molecule has 0 aromatic heterocycles. The maximum atomic E-state index is 12.7. The van der Waals surface area contributed by atoms with Gasteiger partial charge in [0.05, 0.1) is 11.2 Å². The highest BCUT2D eigenvalue weighted by Crippen LogP contribution is 2.32. The van der Waals surface area contributed by atoms with E-state index >= 15 is 0 Å². The minimum atomic E-state index is -4.38. The molecule has 0 aliphatic heterocycles. The summed E-state index contributed by atoms with van der Waals surface area (Å²) in [7, 11) is 0. The fourth-order valence-corrected chi connectivity index (χ4v) is 2.51. The molecule has 122 valence electrons. The zero-order valence-corrected chi connectivity index (χ0v) is 12.4. The second-order valence-electron chi connectivity index (χ2n) is 6.08. The van der Waals surface area contributed by atoms with Gasteiger partial charge in [0, 0.05) is 13.0 Å². The van der Waals surface area contributed by atoms with Crippen molar-refractivity contribution in [3.05, 3.63) is 35.4 Å². The molecule has 0 radical (unpaired) electrons. The third kappa shape index (κ3) is 4.22. The van der Waals surface area contributed by atoms with Crippen molar-refractivity contribution < 1.29 is 23.1 Å². The fraction of sp³-hybridized carbons (Fsp3) is 0.562. The van der Waals surface area contributed by atoms with Crippen molar-refractivity contribution in [2.45, 2.75) is 50.3 Å². The van der Waals surface area contributed by atoms with Gasteiger partial charge in [-0.2, -0.15) is 13.2 Å². The lowest BCUT2D eigenvalue weighted by Crippen LogP contribution is -2.47. The van der Waals surface area contributed by atoms with Crippen molar-refractivity contribution in [3.8, 4) is 0 Å². The Morgan fingerprint density at radius 1 is 1.41 bits per heavy atom. The van der Waals surface area contributed by atoms with E-state index in [0.717, 1.165) is 18.6 Å². The van der Waals surface area contributed by atoms with E-state index < -0.39 is 17.3 Å². The SMILES string of the molecule is CC(CC(=O)NCC1(O)CCC1)c1cccc(C(F)(F)F)c1. The van der Waals surface area contributed by atoms with Crippen molar-refractivity contribution in [1.82, 2.24) is 5.32 Å². The molecule has 1 unspecified atom stereocenters. The molecule has 2 rings (SSSR count). The number of benzene rings is 1. The molecular weight excluding hydrogens is 295 g/mol. The molecule has 1 atom stereocenters. The zero-order valence-electron chi connectivity index (χ0n) is 12.4. The van der Waals surface area contributed by atoms with Crippen LogP contribution in [-0.2, 0) is 11.0 Å². The Morgan fingerprint density at radius 3 is 2.64 bits per heavy atom. The topological polar surface area (TPSA) is 49.3 Å². The van der Waals surface area contributed by atoms with Crippen LogP contribution in [-0.4, -0.2) is 23.2 Å². The lowest BCUT2D eigenvalue weighted by molar-refractivity contribution is -0.137. The van der Waals surface area contributed by atoms with Crippen molar-refractivity contribution >= 4 is 5.91 Å². The number of aliphatic hydroxyl groups is 1. The highest BCUT2D eigenvalue weighted by atomic mass is 19.4. The van der Waals surface area contributed by atoms with Gasteiger partial charge in [0.15, 0.2) is 0 Å². The number of rotatable bonds is 5. The molecule has 0 heterocycles. The quantitative estimate of drug-likeness (QED) is 0.876. The molecule has 1 saturated carbocycles. The molecule has 1 aliphatic carbocycles. The monoisotopic (exact) mass is 315 g/mol. The van der Waals surface area contributed by atoms with E-state index in [1.54, 1.807) is 13.0 Å². The maximum Gasteiger partial charge on any atom is 0.416 e. The first-order valence-electron chi connectivity index (χ1n) is 7.36. The summed E-state index contributed by atoms with van der Waals surface area (Å²) in [6.07, 6.45) is -1.98. The van der Waals surface area contributed by atoms with Crippen molar-refractivity contribution in [2.75, 3.05) is 6.54 Å². The molecule has 0 bridgehead atoms. The predicted molar refractivity (Wildman–Crippen MR) is 76.3 cm³/mol. The van der Waals surface area contributed by atoms with E-state index in [9.17, 15) is 23.1 Å². The zero-order chi connectivity index (χ0) is 16.4. The van der Waals surface area contributed by atoms with E-state index in [4.69, 9.17) is 0 Å². The summed E-state index contributed by atoms with van der Waals surface area (Å²) in [6.45, 7) is 1.92. The molecular formula is C16H20F3NO2. The predicted octanol–water partition coefficient (Wildman–Crippen LogP) is 3.23.